The van der Waals surface area contributed by atoms with E-state index in [2.05, 4.69) is 4.98 Å². The molecule has 0 aliphatic rings. The van der Waals surface area contributed by atoms with Gasteiger partial charge in [-0.25, -0.2) is 4.98 Å². The van der Waals surface area contributed by atoms with Crippen LogP contribution in [-0.4, -0.2) is 10.8 Å². The number of halogens is 1. The number of Topliss-reactive ketones (excluding diaryl/α,β-unsaturated/α-hetero) is 1. The highest BCUT2D eigenvalue weighted by Crippen LogP contribution is 2.04. The summed E-state index contributed by atoms with van der Waals surface area (Å²) in [6.45, 7) is 4.94. The van der Waals surface area contributed by atoms with E-state index in [1.165, 1.54) is 18.3 Å². The molecule has 0 aromatic carbocycles. The lowest BCUT2D eigenvalue weighted by Gasteiger charge is -1.91. The maximum Gasteiger partial charge on any atom is 0.169 e. The summed E-state index contributed by atoms with van der Waals surface area (Å²) < 4.78 is 0. The third-order valence-corrected chi connectivity index (χ3v) is 1.24. The molecular formula is C7H4ClNO. The third-order valence-electron chi connectivity index (χ3n) is 1.01. The molecule has 0 fully saturated rings. The molecule has 0 saturated heterocycles. The van der Waals surface area contributed by atoms with Crippen LogP contribution in [0.5, 0.6) is 0 Å². The van der Waals surface area contributed by atoms with Crippen molar-refractivity contribution >= 4 is 17.4 Å². The summed E-state index contributed by atoms with van der Waals surface area (Å²) in [5, 5.41) is 0.352. The fourth-order valence-corrected chi connectivity index (χ4v) is 0.633. The first-order chi connectivity index (χ1) is 4.70. The van der Waals surface area contributed by atoms with Gasteiger partial charge in [0.15, 0.2) is 5.78 Å². The summed E-state index contributed by atoms with van der Waals surface area (Å²) in [6, 6.07) is 3.04. The van der Waals surface area contributed by atoms with E-state index in [-0.39, 0.29) is 0 Å². The monoisotopic (exact) mass is 153 g/mol. The Morgan fingerprint density at radius 1 is 1.60 bits per heavy atom. The average molecular weight is 154 g/mol. The van der Waals surface area contributed by atoms with Gasteiger partial charge in [0.05, 0.1) is 0 Å². The summed E-state index contributed by atoms with van der Waals surface area (Å²) in [5.74, 6) is -0.496. The van der Waals surface area contributed by atoms with E-state index in [1.54, 1.807) is 0 Å². The second-order valence-corrected chi connectivity index (χ2v) is 2.12. The van der Waals surface area contributed by atoms with Crippen molar-refractivity contribution < 1.29 is 4.79 Å². The Morgan fingerprint density at radius 3 is 2.70 bits per heavy atom. The minimum atomic E-state index is -0.496. The van der Waals surface area contributed by atoms with E-state index >= 15 is 0 Å². The SMILES string of the molecule is [CH]C(=O)c1ccc(Cl)nc1. The van der Waals surface area contributed by atoms with Crippen molar-refractivity contribution in [3.05, 3.63) is 36.0 Å². The van der Waals surface area contributed by atoms with Gasteiger partial charge in [-0.05, 0) is 12.1 Å². The van der Waals surface area contributed by atoms with Crippen LogP contribution in [0.2, 0.25) is 5.15 Å². The van der Waals surface area contributed by atoms with Crippen LogP contribution in [0.15, 0.2) is 18.3 Å². The molecule has 1 rings (SSSR count). The molecule has 0 spiro atoms. The highest BCUT2D eigenvalue weighted by atomic mass is 35.5. The number of nitrogens with zero attached hydrogens (tertiary/aromatic N) is 1. The number of rotatable bonds is 1. The number of hydrogen-bond acceptors (Lipinski definition) is 2. The Bertz CT molecular complexity index is 242. The number of carbonyl (C=O) groups excluding carboxylic acids is 1. The molecule has 50 valence electrons. The lowest BCUT2D eigenvalue weighted by molar-refractivity contribution is 0.104. The van der Waals surface area contributed by atoms with Crippen LogP contribution in [0, 0.1) is 6.92 Å². The van der Waals surface area contributed by atoms with Gasteiger partial charge in [0.2, 0.25) is 0 Å². The van der Waals surface area contributed by atoms with E-state index < -0.39 is 5.78 Å². The van der Waals surface area contributed by atoms with Crippen molar-refractivity contribution in [2.24, 2.45) is 0 Å². The van der Waals surface area contributed by atoms with Gasteiger partial charge in [-0.1, -0.05) is 11.6 Å². The Balaban J connectivity index is 3.00. The van der Waals surface area contributed by atoms with Gasteiger partial charge >= 0.3 is 0 Å². The summed E-state index contributed by atoms with van der Waals surface area (Å²) in [6.07, 6.45) is 1.34. The molecule has 2 nitrogen and oxygen atoms in total. The molecule has 0 aliphatic carbocycles. The standard InChI is InChI=1S/C7H4ClNO/c1-5(10)6-2-3-7(8)9-4-6/h1-4H. The zero-order valence-corrected chi connectivity index (χ0v) is 5.80. The molecule has 0 saturated carbocycles. The molecule has 0 N–H and O–H groups in total. The van der Waals surface area contributed by atoms with Crippen LogP contribution < -0.4 is 0 Å². The lowest BCUT2D eigenvalue weighted by Crippen LogP contribution is -1.91. The smallest absolute Gasteiger partial charge is 0.169 e. The topological polar surface area (TPSA) is 30.0 Å². The van der Waals surface area contributed by atoms with Gasteiger partial charge in [0.1, 0.15) is 5.15 Å². The van der Waals surface area contributed by atoms with E-state index in [0.717, 1.165) is 0 Å². The molecule has 0 atom stereocenters. The summed E-state index contributed by atoms with van der Waals surface area (Å²) in [4.78, 5) is 14.1. The number of hydrogen-bond donors (Lipinski definition) is 0. The van der Waals surface area contributed by atoms with E-state index in [0.29, 0.717) is 10.7 Å². The van der Waals surface area contributed by atoms with Gasteiger partial charge in [0.25, 0.3) is 0 Å². The van der Waals surface area contributed by atoms with Gasteiger partial charge in [-0.2, -0.15) is 0 Å². The number of pyridine rings is 1. The fraction of sp³-hybridized carbons (Fsp3) is 0. The first-order valence-corrected chi connectivity index (χ1v) is 2.99. The maximum absolute atomic E-state index is 10.5. The minimum Gasteiger partial charge on any atom is -0.294 e. The van der Waals surface area contributed by atoms with Gasteiger partial charge in [0, 0.05) is 18.7 Å². The molecule has 0 aliphatic heterocycles. The highest BCUT2D eigenvalue weighted by molar-refractivity contribution is 6.29. The number of ketones is 1. The predicted octanol–water partition coefficient (Wildman–Crippen LogP) is 1.63. The summed E-state index contributed by atoms with van der Waals surface area (Å²) in [5.41, 5.74) is 0.365. The first kappa shape index (κ1) is 7.22. The van der Waals surface area contributed by atoms with Gasteiger partial charge in [-0.3, -0.25) is 4.79 Å². The Hall–Kier alpha value is -0.890. The molecule has 1 aromatic heterocycles. The van der Waals surface area contributed by atoms with Crippen LogP contribution in [0.3, 0.4) is 0 Å². The molecule has 1 aromatic rings. The first-order valence-electron chi connectivity index (χ1n) is 2.61. The normalized spacial score (nSPS) is 9.40. The van der Waals surface area contributed by atoms with Crippen molar-refractivity contribution in [3.63, 3.8) is 0 Å². The minimum absolute atomic E-state index is 0.352. The Kier molecular flexibility index (Phi) is 2.02. The quantitative estimate of drug-likeness (QED) is 0.454. The molecule has 0 bridgehead atoms. The van der Waals surface area contributed by atoms with Crippen molar-refractivity contribution in [2.45, 2.75) is 0 Å². The largest absolute Gasteiger partial charge is 0.294 e. The van der Waals surface area contributed by atoms with Crippen molar-refractivity contribution in [1.29, 1.82) is 0 Å². The predicted molar refractivity (Wildman–Crippen MR) is 37.9 cm³/mol. The number of aromatic nitrogens is 1. The summed E-state index contributed by atoms with van der Waals surface area (Å²) in [7, 11) is 0. The molecule has 10 heavy (non-hydrogen) atoms. The lowest BCUT2D eigenvalue weighted by atomic mass is 10.2. The summed E-state index contributed by atoms with van der Waals surface area (Å²) >= 11 is 5.45. The van der Waals surface area contributed by atoms with E-state index in [1.807, 2.05) is 0 Å². The van der Waals surface area contributed by atoms with Gasteiger partial charge < -0.3 is 0 Å². The van der Waals surface area contributed by atoms with E-state index in [4.69, 9.17) is 18.5 Å². The third kappa shape index (κ3) is 1.54. The van der Waals surface area contributed by atoms with E-state index in [9.17, 15) is 4.79 Å². The van der Waals surface area contributed by atoms with Crippen LogP contribution >= 0.6 is 11.6 Å². The molecule has 0 amide bonds. The maximum atomic E-state index is 10.5. The molecule has 1 heterocycles. The molecule has 2 radical (unpaired) electrons. The second-order valence-electron chi connectivity index (χ2n) is 1.73. The molecule has 0 unspecified atom stereocenters. The zero-order valence-electron chi connectivity index (χ0n) is 5.04. The van der Waals surface area contributed by atoms with Crippen LogP contribution in [0.4, 0.5) is 0 Å². The molecule has 3 heteroatoms. The van der Waals surface area contributed by atoms with Crippen molar-refractivity contribution in [3.8, 4) is 0 Å². The number of carbonyl (C=O) groups is 1. The highest BCUT2D eigenvalue weighted by Gasteiger charge is 1.97. The second kappa shape index (κ2) is 2.80. The van der Waals surface area contributed by atoms with Gasteiger partial charge in [-0.15, -0.1) is 0 Å². The van der Waals surface area contributed by atoms with Crippen molar-refractivity contribution in [1.82, 2.24) is 4.98 Å². The van der Waals surface area contributed by atoms with Crippen molar-refractivity contribution in [2.75, 3.05) is 0 Å². The Morgan fingerprint density at radius 2 is 2.30 bits per heavy atom. The Labute approximate surface area is 63.8 Å². The molecular weight excluding hydrogens is 150 g/mol. The average Bonchev–Trinajstić information content (AvgIpc) is 1.88. The van der Waals surface area contributed by atoms with Crippen LogP contribution in [0.25, 0.3) is 0 Å². The van der Waals surface area contributed by atoms with Crippen LogP contribution in [0.1, 0.15) is 10.4 Å². The fourth-order valence-electron chi connectivity index (χ4n) is 0.522. The van der Waals surface area contributed by atoms with Crippen LogP contribution in [-0.2, 0) is 0 Å². The zero-order chi connectivity index (χ0) is 7.56.